The zero-order valence-corrected chi connectivity index (χ0v) is 29.6. The molecule has 7 nitrogen and oxygen atoms in total. The van der Waals surface area contributed by atoms with Crippen LogP contribution in [0.2, 0.25) is 0 Å². The smallest absolute Gasteiger partial charge is 0.318 e. The van der Waals surface area contributed by atoms with Crippen LogP contribution in [0, 0.1) is 87.3 Å². The number of esters is 4. The number of rotatable bonds is 10. The molecule has 7 heteroatoms. The summed E-state index contributed by atoms with van der Waals surface area (Å²) in [7, 11) is 0. The van der Waals surface area contributed by atoms with Crippen LogP contribution < -0.4 is 0 Å². The number of hydrogen-bond acceptors (Lipinski definition) is 7. The molecule has 6 bridgehead atoms. The molecule has 9 atom stereocenters. The van der Waals surface area contributed by atoms with Gasteiger partial charge in [-0.15, -0.1) is 0 Å². The van der Waals surface area contributed by atoms with E-state index >= 15 is 4.79 Å². The van der Waals surface area contributed by atoms with Crippen molar-refractivity contribution in [3.8, 4) is 0 Å². The second-order valence-electron chi connectivity index (χ2n) is 18.7. The van der Waals surface area contributed by atoms with Crippen LogP contribution in [-0.2, 0) is 33.4 Å². The summed E-state index contributed by atoms with van der Waals surface area (Å²) in [5.41, 5.74) is -1.65. The van der Waals surface area contributed by atoms with Gasteiger partial charge >= 0.3 is 23.9 Å². The molecule has 8 fully saturated rings. The minimum atomic E-state index is -0.860. The molecule has 8 rings (SSSR count). The lowest BCUT2D eigenvalue weighted by Crippen LogP contribution is -2.60. The highest BCUT2D eigenvalue weighted by atomic mass is 16.6. The summed E-state index contributed by atoms with van der Waals surface area (Å²) in [4.78, 5) is 53.7. The molecule has 0 aromatic rings. The zero-order chi connectivity index (χ0) is 33.1. The first kappa shape index (κ1) is 32.6. The fraction of sp³-hybridized carbons (Fsp3) is 0.897. The highest BCUT2D eigenvalue weighted by molar-refractivity contribution is 5.97. The Morgan fingerprint density at radius 2 is 1.43 bits per heavy atom. The third-order valence-electron chi connectivity index (χ3n) is 15.8. The van der Waals surface area contributed by atoms with Crippen LogP contribution in [0.25, 0.3) is 0 Å². The molecule has 0 amide bonds. The summed E-state index contributed by atoms with van der Waals surface area (Å²) in [6.07, 6.45) is 10.6. The molecule has 0 radical (unpaired) electrons. The number of carbonyl (C=O) groups is 4. The second-order valence-corrected chi connectivity index (χ2v) is 18.7. The quantitative estimate of drug-likeness (QED) is 0.140. The number of ether oxygens (including phenoxy) is 3. The van der Waals surface area contributed by atoms with Gasteiger partial charge in [0.25, 0.3) is 0 Å². The van der Waals surface area contributed by atoms with E-state index in [1.807, 2.05) is 13.8 Å². The van der Waals surface area contributed by atoms with Crippen molar-refractivity contribution in [2.45, 2.75) is 125 Å². The van der Waals surface area contributed by atoms with Crippen molar-refractivity contribution in [1.82, 2.24) is 0 Å². The van der Waals surface area contributed by atoms with E-state index < -0.39 is 40.7 Å². The van der Waals surface area contributed by atoms with Gasteiger partial charge in [0, 0.05) is 11.3 Å². The third kappa shape index (κ3) is 4.54. The molecule has 46 heavy (non-hydrogen) atoms. The monoisotopic (exact) mass is 638 g/mol. The molecule has 0 spiro atoms. The Kier molecular flexibility index (Phi) is 7.65. The predicted octanol–water partition coefficient (Wildman–Crippen LogP) is 7.39. The van der Waals surface area contributed by atoms with Gasteiger partial charge < -0.3 is 14.2 Å². The van der Waals surface area contributed by atoms with Crippen molar-refractivity contribution in [2.75, 3.05) is 6.61 Å². The molecule has 6 aliphatic carbocycles. The molecule has 6 saturated carbocycles. The van der Waals surface area contributed by atoms with E-state index in [4.69, 9.17) is 14.2 Å². The molecule has 0 aromatic carbocycles. The van der Waals surface area contributed by atoms with E-state index in [1.54, 1.807) is 6.92 Å². The van der Waals surface area contributed by atoms with Crippen molar-refractivity contribution < 1.29 is 33.4 Å². The maximum atomic E-state index is 15.1. The normalized spacial score (nSPS) is 43.6. The van der Waals surface area contributed by atoms with Crippen LogP contribution in [0.1, 0.15) is 120 Å². The van der Waals surface area contributed by atoms with Crippen molar-refractivity contribution >= 4 is 23.9 Å². The Morgan fingerprint density at radius 3 is 1.96 bits per heavy atom. The Morgan fingerprint density at radius 1 is 0.848 bits per heavy atom. The third-order valence-corrected chi connectivity index (χ3v) is 15.8. The molecule has 256 valence electrons. The Hall–Kier alpha value is -1.92. The Labute approximate surface area is 276 Å². The minimum absolute atomic E-state index is 0.0133. The highest BCUT2D eigenvalue weighted by Gasteiger charge is 2.66. The summed E-state index contributed by atoms with van der Waals surface area (Å²) < 4.78 is 17.8. The van der Waals surface area contributed by atoms with E-state index in [0.29, 0.717) is 36.7 Å². The van der Waals surface area contributed by atoms with Gasteiger partial charge in [-0.1, -0.05) is 55.4 Å². The van der Waals surface area contributed by atoms with Crippen LogP contribution in [-0.4, -0.2) is 36.1 Å². The number of hydrogen-bond donors (Lipinski definition) is 0. The fourth-order valence-corrected chi connectivity index (χ4v) is 14.2. The molecule has 9 unspecified atom stereocenters. The first-order valence-electron chi connectivity index (χ1n) is 18.7. The summed E-state index contributed by atoms with van der Waals surface area (Å²) in [6, 6.07) is 0. The van der Waals surface area contributed by atoms with Gasteiger partial charge in [-0.3, -0.25) is 19.2 Å². The van der Waals surface area contributed by atoms with Crippen LogP contribution in [0.4, 0.5) is 0 Å². The zero-order valence-electron chi connectivity index (χ0n) is 29.6. The molecule has 0 N–H and O–H groups in total. The van der Waals surface area contributed by atoms with E-state index in [2.05, 4.69) is 34.6 Å². The fourth-order valence-electron chi connectivity index (χ4n) is 14.2. The Bertz CT molecular complexity index is 1260. The average molecular weight is 639 g/mol. The van der Waals surface area contributed by atoms with Crippen LogP contribution in [0.15, 0.2) is 0 Å². The van der Waals surface area contributed by atoms with E-state index in [9.17, 15) is 14.4 Å². The molecule has 2 saturated heterocycles. The van der Waals surface area contributed by atoms with Crippen molar-refractivity contribution in [1.29, 1.82) is 0 Å². The van der Waals surface area contributed by atoms with Gasteiger partial charge in [0.15, 0.2) is 0 Å². The highest BCUT2D eigenvalue weighted by Crippen LogP contribution is 2.68. The Balaban J connectivity index is 1.23. The second kappa shape index (κ2) is 10.8. The standard InChI is InChI=1S/C39H58O7/c1-9-39(10-2,38-15-22-11-23(16-38)13-24(12-22)17-38)46-33(41)28(37(7,8)31-21(4)32(40)45-35(31)43)18-36(5,6)30-20(3)25-14-26(30)27-19-44-34(42)29(25)27/h20-31H,9-19H2,1-8H3. The van der Waals surface area contributed by atoms with E-state index in [1.165, 1.54) is 19.3 Å². The average Bonchev–Trinajstić information content (AvgIpc) is 3.70. The number of cyclic esters (lactones) is 3. The lowest BCUT2D eigenvalue weighted by Gasteiger charge is -2.63. The van der Waals surface area contributed by atoms with Gasteiger partial charge in [-0.25, -0.2) is 0 Å². The molecule has 8 aliphatic rings. The topological polar surface area (TPSA) is 96.0 Å². The molecular formula is C39H58O7. The van der Waals surface area contributed by atoms with Crippen molar-refractivity contribution in [3.05, 3.63) is 0 Å². The molecule has 2 aliphatic heterocycles. The summed E-state index contributed by atoms with van der Waals surface area (Å²) >= 11 is 0. The summed E-state index contributed by atoms with van der Waals surface area (Å²) in [5, 5.41) is 0. The lowest BCUT2D eigenvalue weighted by molar-refractivity contribution is -0.220. The predicted molar refractivity (Wildman–Crippen MR) is 172 cm³/mol. The van der Waals surface area contributed by atoms with Crippen LogP contribution in [0.5, 0.6) is 0 Å². The SMILES string of the molecule is CCC(CC)(OC(=O)C(CC(C)(C)C1C(C)C2CC1C1COC(=O)C21)C(C)(C)C1C(=O)OC(=O)C1C)C12CC3CC(CC(C3)C1)C2. The largest absolute Gasteiger partial charge is 0.465 e. The maximum absolute atomic E-state index is 15.1. The van der Waals surface area contributed by atoms with Crippen LogP contribution >= 0.6 is 0 Å². The van der Waals surface area contributed by atoms with E-state index in [0.717, 1.165) is 56.3 Å². The maximum Gasteiger partial charge on any atom is 0.318 e. The van der Waals surface area contributed by atoms with Gasteiger partial charge in [-0.2, -0.15) is 0 Å². The minimum Gasteiger partial charge on any atom is -0.465 e. The van der Waals surface area contributed by atoms with Gasteiger partial charge in [0.1, 0.15) is 5.60 Å². The molecule has 0 aromatic heterocycles. The van der Waals surface area contributed by atoms with Crippen LogP contribution in [0.3, 0.4) is 0 Å². The van der Waals surface area contributed by atoms with E-state index in [-0.39, 0.29) is 34.6 Å². The first-order chi connectivity index (χ1) is 21.6. The number of fused-ring (bicyclic) bond motifs is 5. The van der Waals surface area contributed by atoms with Crippen molar-refractivity contribution in [3.63, 3.8) is 0 Å². The van der Waals surface area contributed by atoms with Gasteiger partial charge in [0.2, 0.25) is 0 Å². The number of carbonyl (C=O) groups excluding carboxylic acids is 4. The summed E-state index contributed by atoms with van der Waals surface area (Å²) in [6.45, 7) is 17.5. The lowest BCUT2D eigenvalue weighted by atomic mass is 9.44. The first-order valence-corrected chi connectivity index (χ1v) is 18.7. The van der Waals surface area contributed by atoms with Gasteiger partial charge in [-0.05, 0) is 116 Å². The molecular weight excluding hydrogens is 580 g/mol. The van der Waals surface area contributed by atoms with Gasteiger partial charge in [0.05, 0.1) is 30.3 Å². The summed E-state index contributed by atoms with van der Waals surface area (Å²) in [5.74, 6) is 0.655. The molecule has 2 heterocycles. The van der Waals surface area contributed by atoms with Crippen molar-refractivity contribution in [2.24, 2.45) is 87.3 Å².